The Morgan fingerprint density at radius 2 is 2.29 bits per heavy atom. The Morgan fingerprint density at radius 1 is 1.57 bits per heavy atom. The van der Waals surface area contributed by atoms with E-state index >= 15 is 0 Å². The van der Waals surface area contributed by atoms with Gasteiger partial charge in [-0.05, 0) is 13.0 Å². The van der Waals surface area contributed by atoms with Crippen molar-refractivity contribution >= 4 is 11.4 Å². The van der Waals surface area contributed by atoms with Crippen LogP contribution in [0, 0.1) is 5.39 Å². The molecule has 74 valence electrons. The molecule has 0 bridgehead atoms. The maximum absolute atomic E-state index is 9.11. The number of anilines is 1. The van der Waals surface area contributed by atoms with E-state index in [-0.39, 0.29) is 0 Å². The average Bonchev–Trinajstić information content (AvgIpc) is 2.17. The Kier molecular flexibility index (Phi) is 3.26. The molecular weight excluding hydrogens is 182 g/mol. The minimum atomic E-state index is -0.666. The number of methoxy groups -OCH3 is 1. The molecule has 0 spiro atoms. The topological polar surface area (TPSA) is 69.6 Å². The van der Waals surface area contributed by atoms with Crippen LogP contribution in [0.15, 0.2) is 18.2 Å². The zero-order valence-corrected chi connectivity index (χ0v) is 8.06. The fourth-order valence-electron chi connectivity index (χ4n) is 1.09. The number of aliphatic hydroxyl groups excluding tert-OH is 1. The van der Waals surface area contributed by atoms with Crippen molar-refractivity contribution in [2.45, 2.75) is 13.2 Å². The zero-order chi connectivity index (χ0) is 10.6. The SMILES string of the molecule is COc1cc([N+]#N)ccc1NC(C)O. The summed E-state index contributed by atoms with van der Waals surface area (Å²) < 4.78 is 5.04. The third kappa shape index (κ3) is 2.34. The Morgan fingerprint density at radius 3 is 2.79 bits per heavy atom. The maximum atomic E-state index is 9.11. The summed E-state index contributed by atoms with van der Waals surface area (Å²) in [6, 6.07) is 4.83. The van der Waals surface area contributed by atoms with Crippen LogP contribution in [0.25, 0.3) is 4.98 Å². The molecule has 0 saturated heterocycles. The van der Waals surface area contributed by atoms with Crippen molar-refractivity contribution in [3.05, 3.63) is 23.2 Å². The number of nitrogens with one attached hydrogen (secondary N) is 1. The summed E-state index contributed by atoms with van der Waals surface area (Å²) in [4.78, 5) is 3.03. The van der Waals surface area contributed by atoms with E-state index in [2.05, 4.69) is 10.3 Å². The number of nitrogens with zero attached hydrogens (tertiary/aromatic N) is 2. The first-order valence-electron chi connectivity index (χ1n) is 4.15. The van der Waals surface area contributed by atoms with Gasteiger partial charge in [-0.15, -0.1) is 0 Å². The molecule has 0 saturated carbocycles. The van der Waals surface area contributed by atoms with E-state index in [1.54, 1.807) is 25.1 Å². The number of aliphatic hydroxyl groups is 1. The van der Waals surface area contributed by atoms with Gasteiger partial charge in [-0.3, -0.25) is 0 Å². The largest absolute Gasteiger partial charge is 0.494 e. The summed E-state index contributed by atoms with van der Waals surface area (Å²) in [5.74, 6) is 0.515. The van der Waals surface area contributed by atoms with Crippen LogP contribution in [0.3, 0.4) is 0 Å². The molecule has 0 aliphatic heterocycles. The second-order valence-corrected chi connectivity index (χ2v) is 2.80. The van der Waals surface area contributed by atoms with Gasteiger partial charge in [0, 0.05) is 6.07 Å². The molecule has 0 fully saturated rings. The lowest BCUT2D eigenvalue weighted by Crippen LogP contribution is -2.13. The van der Waals surface area contributed by atoms with Crippen molar-refractivity contribution in [2.75, 3.05) is 12.4 Å². The number of ether oxygens (including phenoxy) is 1. The van der Waals surface area contributed by atoms with Crippen molar-refractivity contribution in [2.24, 2.45) is 0 Å². The highest BCUT2D eigenvalue weighted by molar-refractivity contribution is 5.64. The molecule has 1 atom stereocenters. The van der Waals surface area contributed by atoms with Crippen LogP contribution >= 0.6 is 0 Å². The molecule has 5 nitrogen and oxygen atoms in total. The molecule has 0 aliphatic carbocycles. The standard InChI is InChI=1S/C9H12N3O2/c1-6(13)11-8-4-3-7(12-10)5-9(8)14-2/h3-6,11,13H,1-2H3/q+1. The van der Waals surface area contributed by atoms with Crippen molar-refractivity contribution in [3.8, 4) is 5.75 Å². The van der Waals surface area contributed by atoms with Gasteiger partial charge in [0.15, 0.2) is 4.98 Å². The van der Waals surface area contributed by atoms with Crippen molar-refractivity contribution in [3.63, 3.8) is 0 Å². The van der Waals surface area contributed by atoms with Gasteiger partial charge in [0.1, 0.15) is 12.0 Å². The van der Waals surface area contributed by atoms with Crippen LogP contribution in [-0.4, -0.2) is 18.4 Å². The Balaban J connectivity index is 3.00. The van der Waals surface area contributed by atoms with E-state index < -0.39 is 6.23 Å². The lowest BCUT2D eigenvalue weighted by Gasteiger charge is -2.11. The van der Waals surface area contributed by atoms with Crippen molar-refractivity contribution in [1.82, 2.24) is 0 Å². The van der Waals surface area contributed by atoms with Crippen LogP contribution in [0.1, 0.15) is 6.92 Å². The van der Waals surface area contributed by atoms with Crippen LogP contribution in [-0.2, 0) is 0 Å². The van der Waals surface area contributed by atoms with E-state index in [1.807, 2.05) is 0 Å². The molecule has 0 radical (unpaired) electrons. The quantitative estimate of drug-likeness (QED) is 0.569. The molecule has 1 aromatic carbocycles. The van der Waals surface area contributed by atoms with Gasteiger partial charge in [-0.2, -0.15) is 0 Å². The van der Waals surface area contributed by atoms with Gasteiger partial charge < -0.3 is 15.2 Å². The third-order valence-electron chi connectivity index (χ3n) is 1.66. The van der Waals surface area contributed by atoms with E-state index in [0.29, 0.717) is 17.1 Å². The molecule has 14 heavy (non-hydrogen) atoms. The Labute approximate surface area is 81.9 Å². The molecular formula is C9H12N3O2+. The van der Waals surface area contributed by atoms with Gasteiger partial charge in [-0.1, -0.05) is 0 Å². The molecule has 1 aromatic rings. The second-order valence-electron chi connectivity index (χ2n) is 2.80. The first kappa shape index (κ1) is 10.3. The van der Waals surface area contributed by atoms with E-state index in [4.69, 9.17) is 15.2 Å². The van der Waals surface area contributed by atoms with Crippen molar-refractivity contribution < 1.29 is 9.84 Å². The molecule has 1 rings (SSSR count). The number of diazo groups is 1. The van der Waals surface area contributed by atoms with Crippen LogP contribution in [0.2, 0.25) is 0 Å². The number of hydrogen-bond acceptors (Lipinski definition) is 4. The number of hydrogen-bond donors (Lipinski definition) is 2. The first-order valence-corrected chi connectivity index (χ1v) is 4.15. The number of benzene rings is 1. The fraction of sp³-hybridized carbons (Fsp3) is 0.333. The van der Waals surface area contributed by atoms with E-state index in [9.17, 15) is 0 Å². The lowest BCUT2D eigenvalue weighted by molar-refractivity contribution is 0.224. The summed E-state index contributed by atoms with van der Waals surface area (Å²) in [6.07, 6.45) is -0.666. The molecule has 0 heterocycles. The smallest absolute Gasteiger partial charge is 0.388 e. The first-order chi connectivity index (χ1) is 6.67. The lowest BCUT2D eigenvalue weighted by atomic mass is 10.2. The minimum Gasteiger partial charge on any atom is -0.494 e. The monoisotopic (exact) mass is 194 g/mol. The third-order valence-corrected chi connectivity index (χ3v) is 1.66. The number of rotatable bonds is 3. The molecule has 0 amide bonds. The summed E-state index contributed by atoms with van der Waals surface area (Å²) in [6.45, 7) is 1.60. The normalized spacial score (nSPS) is 11.6. The molecule has 1 unspecified atom stereocenters. The zero-order valence-electron chi connectivity index (χ0n) is 8.06. The van der Waals surface area contributed by atoms with Gasteiger partial charge in [0.2, 0.25) is 5.39 Å². The highest BCUT2D eigenvalue weighted by Gasteiger charge is 2.11. The van der Waals surface area contributed by atoms with E-state index in [1.165, 1.54) is 7.11 Å². The van der Waals surface area contributed by atoms with Gasteiger partial charge in [0.25, 0.3) is 0 Å². The van der Waals surface area contributed by atoms with Crippen LogP contribution in [0.5, 0.6) is 5.75 Å². The van der Waals surface area contributed by atoms with Crippen LogP contribution < -0.4 is 10.1 Å². The summed E-state index contributed by atoms with van der Waals surface area (Å²) in [5, 5.41) is 20.4. The predicted octanol–water partition coefficient (Wildman–Crippen LogP) is 1.93. The summed E-state index contributed by atoms with van der Waals surface area (Å²) in [5.41, 5.74) is 1.05. The highest BCUT2D eigenvalue weighted by atomic mass is 16.5. The second kappa shape index (κ2) is 4.44. The Hall–Kier alpha value is -1.80. The van der Waals surface area contributed by atoms with Gasteiger partial charge >= 0.3 is 5.69 Å². The average molecular weight is 194 g/mol. The molecule has 0 aromatic heterocycles. The molecule has 2 N–H and O–H groups in total. The highest BCUT2D eigenvalue weighted by Crippen LogP contribution is 2.29. The van der Waals surface area contributed by atoms with Crippen LogP contribution in [0.4, 0.5) is 11.4 Å². The Bertz CT molecular complexity index is 358. The van der Waals surface area contributed by atoms with Gasteiger partial charge in [-0.25, -0.2) is 0 Å². The van der Waals surface area contributed by atoms with E-state index in [0.717, 1.165) is 0 Å². The maximum Gasteiger partial charge on any atom is 0.388 e. The fourth-order valence-corrected chi connectivity index (χ4v) is 1.09. The van der Waals surface area contributed by atoms with Gasteiger partial charge in [0.05, 0.1) is 18.9 Å². The summed E-state index contributed by atoms with van der Waals surface area (Å²) >= 11 is 0. The predicted molar refractivity (Wildman–Crippen MR) is 53.0 cm³/mol. The summed E-state index contributed by atoms with van der Waals surface area (Å²) in [7, 11) is 1.50. The molecule has 0 aliphatic rings. The molecule has 5 heteroatoms. The van der Waals surface area contributed by atoms with Crippen molar-refractivity contribution in [1.29, 1.82) is 5.39 Å². The minimum absolute atomic E-state index is 0.401.